The van der Waals surface area contributed by atoms with Crippen LogP contribution >= 0.6 is 23.2 Å². The molecule has 2 aromatic rings. The number of aryl methyl sites for hydroxylation is 3. The number of halogens is 4. The van der Waals surface area contributed by atoms with E-state index in [2.05, 4.69) is 10.2 Å². The molecule has 2 aromatic heterocycles. The van der Waals surface area contributed by atoms with Crippen molar-refractivity contribution in [2.75, 3.05) is 0 Å². The highest BCUT2D eigenvalue weighted by Crippen LogP contribution is 2.25. The molecule has 2 rings (SSSR count). The van der Waals surface area contributed by atoms with Gasteiger partial charge in [-0.05, 0) is 6.92 Å². The van der Waals surface area contributed by atoms with E-state index in [1.807, 2.05) is 0 Å². The fourth-order valence-corrected chi connectivity index (χ4v) is 1.99. The largest absolute Gasteiger partial charge is 0.298 e. The van der Waals surface area contributed by atoms with Gasteiger partial charge in [0.1, 0.15) is 16.0 Å². The van der Waals surface area contributed by atoms with Gasteiger partial charge in [-0.2, -0.15) is 10.2 Å². The zero-order valence-corrected chi connectivity index (χ0v) is 13.4. The highest BCUT2D eigenvalue weighted by atomic mass is 35.5. The summed E-state index contributed by atoms with van der Waals surface area (Å²) >= 11 is 11.2. The molecule has 0 aromatic carbocycles. The van der Waals surface area contributed by atoms with Gasteiger partial charge in [0.2, 0.25) is 0 Å². The number of hydrogen-bond acceptors (Lipinski definition) is 4. The summed E-state index contributed by atoms with van der Waals surface area (Å²) in [6.45, 7) is 1.75. The van der Waals surface area contributed by atoms with Crippen LogP contribution in [0.4, 0.5) is 8.78 Å². The number of aldehydes is 2. The van der Waals surface area contributed by atoms with Crippen molar-refractivity contribution in [3.63, 3.8) is 0 Å². The van der Waals surface area contributed by atoms with Gasteiger partial charge in [0.05, 0.1) is 16.8 Å². The third-order valence-electron chi connectivity index (χ3n) is 2.68. The van der Waals surface area contributed by atoms with Gasteiger partial charge in [0, 0.05) is 14.1 Å². The molecule has 0 aliphatic rings. The van der Waals surface area contributed by atoms with E-state index in [0.29, 0.717) is 22.7 Å². The lowest BCUT2D eigenvalue weighted by Gasteiger charge is -1.91. The Labute approximate surface area is 134 Å². The molecule has 22 heavy (non-hydrogen) atoms. The molecule has 0 N–H and O–H groups in total. The van der Waals surface area contributed by atoms with Gasteiger partial charge in [-0.1, -0.05) is 23.2 Å². The Morgan fingerprint density at radius 1 is 1.00 bits per heavy atom. The third-order valence-corrected chi connectivity index (χ3v) is 3.58. The van der Waals surface area contributed by atoms with Crippen LogP contribution in [-0.2, 0) is 14.1 Å². The van der Waals surface area contributed by atoms with Crippen LogP contribution in [0.3, 0.4) is 0 Å². The highest BCUT2D eigenvalue weighted by molar-refractivity contribution is 6.32. The van der Waals surface area contributed by atoms with Gasteiger partial charge in [-0.3, -0.25) is 19.0 Å². The minimum Gasteiger partial charge on any atom is -0.298 e. The molecule has 2 heterocycles. The molecular weight excluding hydrogens is 341 g/mol. The van der Waals surface area contributed by atoms with E-state index in [4.69, 9.17) is 23.2 Å². The Morgan fingerprint density at radius 2 is 1.45 bits per heavy atom. The number of carbonyl (C=O) groups is 2. The summed E-state index contributed by atoms with van der Waals surface area (Å²) in [5.41, 5.74) is 0.332. The monoisotopic (exact) mass is 352 g/mol. The molecule has 0 aliphatic carbocycles. The fraction of sp³-hybridized carbons (Fsp3) is 0.333. The van der Waals surface area contributed by atoms with Crippen LogP contribution in [-0.4, -0.2) is 32.1 Å². The van der Waals surface area contributed by atoms with Gasteiger partial charge in [0.15, 0.2) is 12.6 Å². The number of carbonyl (C=O) groups excluding carboxylic acids is 2. The minimum absolute atomic E-state index is 0.0692. The van der Waals surface area contributed by atoms with Crippen LogP contribution in [0.15, 0.2) is 0 Å². The summed E-state index contributed by atoms with van der Waals surface area (Å²) in [5, 5.41) is 7.65. The second-order valence-electron chi connectivity index (χ2n) is 4.16. The van der Waals surface area contributed by atoms with Gasteiger partial charge in [-0.15, -0.1) is 0 Å². The Morgan fingerprint density at radius 3 is 1.73 bits per heavy atom. The quantitative estimate of drug-likeness (QED) is 0.796. The molecule has 0 radical (unpaired) electrons. The summed E-state index contributed by atoms with van der Waals surface area (Å²) in [6, 6.07) is 0. The Kier molecular flexibility index (Phi) is 6.19. The van der Waals surface area contributed by atoms with E-state index in [9.17, 15) is 18.4 Å². The maximum atomic E-state index is 12.1. The van der Waals surface area contributed by atoms with Crippen molar-refractivity contribution in [3.05, 3.63) is 32.8 Å². The molecule has 120 valence electrons. The van der Waals surface area contributed by atoms with Crippen LogP contribution < -0.4 is 0 Å². The normalized spacial score (nSPS) is 10.4. The lowest BCUT2D eigenvalue weighted by molar-refractivity contribution is 0.110. The van der Waals surface area contributed by atoms with Gasteiger partial charge in [-0.25, -0.2) is 8.78 Å². The minimum atomic E-state index is -2.77. The lowest BCUT2D eigenvalue weighted by Crippen LogP contribution is -1.92. The van der Waals surface area contributed by atoms with Gasteiger partial charge >= 0.3 is 0 Å². The molecule has 0 saturated heterocycles. The van der Waals surface area contributed by atoms with E-state index in [0.717, 1.165) is 4.68 Å². The number of rotatable bonds is 3. The van der Waals surface area contributed by atoms with E-state index < -0.39 is 12.1 Å². The summed E-state index contributed by atoms with van der Waals surface area (Å²) in [6.07, 6.45) is -1.79. The van der Waals surface area contributed by atoms with Crippen molar-refractivity contribution >= 4 is 35.8 Å². The summed E-state index contributed by atoms with van der Waals surface area (Å²) < 4.78 is 26.7. The maximum absolute atomic E-state index is 12.1. The predicted molar refractivity (Wildman–Crippen MR) is 76.9 cm³/mol. The lowest BCUT2D eigenvalue weighted by atomic mass is 10.3. The van der Waals surface area contributed by atoms with Crippen molar-refractivity contribution in [2.45, 2.75) is 13.3 Å². The van der Waals surface area contributed by atoms with Gasteiger partial charge in [0.25, 0.3) is 6.43 Å². The molecule has 0 aliphatic heterocycles. The van der Waals surface area contributed by atoms with Crippen LogP contribution in [0.1, 0.15) is 38.5 Å². The smallest absolute Gasteiger partial charge is 0.282 e. The maximum Gasteiger partial charge on any atom is 0.282 e. The standard InChI is InChI=1S/C6H5ClF2N2O.C6H7ClN2O/c1-11-5(7)3(2-12)4(10-11)6(8)9;1-4-5(3-10)6(7)9(2)8-4/h2,6H,1H3;3H,1-2H3. The molecule has 0 unspecified atom stereocenters. The molecule has 0 amide bonds. The number of hydrogen-bond donors (Lipinski definition) is 0. The second kappa shape index (κ2) is 7.46. The topological polar surface area (TPSA) is 69.8 Å². The SMILES string of the molecule is Cc1nn(C)c(Cl)c1C=O.Cn1nc(C(F)F)c(C=O)c1Cl. The van der Waals surface area contributed by atoms with E-state index >= 15 is 0 Å². The summed E-state index contributed by atoms with van der Waals surface area (Å²) in [4.78, 5) is 20.6. The van der Waals surface area contributed by atoms with Crippen molar-refractivity contribution in [1.82, 2.24) is 19.6 Å². The van der Waals surface area contributed by atoms with E-state index in [1.165, 1.54) is 11.7 Å². The number of aromatic nitrogens is 4. The Bertz CT molecular complexity index is 698. The van der Waals surface area contributed by atoms with E-state index in [1.54, 1.807) is 14.0 Å². The molecular formula is C12H12Cl2F2N4O2. The van der Waals surface area contributed by atoms with Gasteiger partial charge < -0.3 is 0 Å². The first kappa shape index (κ1) is 18.2. The van der Waals surface area contributed by atoms with Crippen molar-refractivity contribution in [1.29, 1.82) is 0 Å². The Balaban J connectivity index is 0.000000224. The zero-order chi connectivity index (χ0) is 17.0. The molecule has 6 nitrogen and oxygen atoms in total. The Hall–Kier alpha value is -1.80. The molecule has 0 spiro atoms. The number of nitrogens with zero attached hydrogens (tertiary/aromatic N) is 4. The van der Waals surface area contributed by atoms with Crippen molar-refractivity contribution < 1.29 is 18.4 Å². The number of alkyl halides is 2. The van der Waals surface area contributed by atoms with Crippen molar-refractivity contribution in [2.24, 2.45) is 14.1 Å². The summed E-state index contributed by atoms with van der Waals surface area (Å²) in [7, 11) is 3.09. The zero-order valence-electron chi connectivity index (χ0n) is 11.8. The average Bonchev–Trinajstić information content (AvgIpc) is 2.88. The van der Waals surface area contributed by atoms with Crippen LogP contribution in [0.25, 0.3) is 0 Å². The first-order valence-electron chi connectivity index (χ1n) is 5.84. The predicted octanol–water partition coefficient (Wildman–Crippen LogP) is 3.02. The molecule has 0 fully saturated rings. The summed E-state index contributed by atoms with van der Waals surface area (Å²) in [5.74, 6) is 0. The van der Waals surface area contributed by atoms with Crippen molar-refractivity contribution in [3.8, 4) is 0 Å². The highest BCUT2D eigenvalue weighted by Gasteiger charge is 2.21. The van der Waals surface area contributed by atoms with Crippen LogP contribution in [0, 0.1) is 6.92 Å². The van der Waals surface area contributed by atoms with Crippen LogP contribution in [0.2, 0.25) is 10.3 Å². The first-order chi connectivity index (χ1) is 10.2. The van der Waals surface area contributed by atoms with E-state index in [-0.39, 0.29) is 17.0 Å². The average molecular weight is 353 g/mol. The first-order valence-corrected chi connectivity index (χ1v) is 6.60. The van der Waals surface area contributed by atoms with Crippen LogP contribution in [0.5, 0.6) is 0 Å². The molecule has 10 heteroatoms. The second-order valence-corrected chi connectivity index (χ2v) is 4.88. The fourth-order valence-electron chi connectivity index (χ4n) is 1.59. The molecule has 0 bridgehead atoms. The third kappa shape index (κ3) is 3.69. The molecule has 0 saturated carbocycles. The molecule has 0 atom stereocenters.